The SMILES string of the molecule is CCCCCCCCCCCCOC(=O)CC1C(=O)NCCN1C(=O)COc1ccc2ccccc2c1. The Morgan fingerprint density at radius 2 is 1.59 bits per heavy atom. The highest BCUT2D eigenvalue weighted by molar-refractivity contribution is 5.92. The van der Waals surface area contributed by atoms with Gasteiger partial charge >= 0.3 is 5.97 Å². The number of ether oxygens (including phenoxy) is 2. The van der Waals surface area contributed by atoms with Crippen molar-refractivity contribution in [1.29, 1.82) is 0 Å². The number of esters is 1. The van der Waals surface area contributed by atoms with Crippen LogP contribution < -0.4 is 10.1 Å². The van der Waals surface area contributed by atoms with Gasteiger partial charge in [-0.15, -0.1) is 0 Å². The molecule has 1 aliphatic heterocycles. The van der Waals surface area contributed by atoms with Crippen molar-refractivity contribution < 1.29 is 23.9 Å². The molecule has 0 radical (unpaired) electrons. The van der Waals surface area contributed by atoms with E-state index in [-0.39, 0.29) is 24.8 Å². The molecule has 2 amide bonds. The van der Waals surface area contributed by atoms with Crippen molar-refractivity contribution in [3.05, 3.63) is 42.5 Å². The first-order valence-corrected chi connectivity index (χ1v) is 13.9. The summed E-state index contributed by atoms with van der Waals surface area (Å²) >= 11 is 0. The van der Waals surface area contributed by atoms with E-state index in [9.17, 15) is 14.4 Å². The van der Waals surface area contributed by atoms with Crippen molar-refractivity contribution in [1.82, 2.24) is 10.2 Å². The Balaban J connectivity index is 1.36. The molecule has 1 saturated heterocycles. The summed E-state index contributed by atoms with van der Waals surface area (Å²) in [6, 6.07) is 12.7. The maximum absolute atomic E-state index is 12.9. The third kappa shape index (κ3) is 9.71. The van der Waals surface area contributed by atoms with E-state index >= 15 is 0 Å². The summed E-state index contributed by atoms with van der Waals surface area (Å²) in [6.45, 7) is 3.07. The van der Waals surface area contributed by atoms with Gasteiger partial charge in [0.05, 0.1) is 13.0 Å². The van der Waals surface area contributed by atoms with E-state index in [1.54, 1.807) is 0 Å². The zero-order valence-corrected chi connectivity index (χ0v) is 22.2. The molecule has 0 aliphatic carbocycles. The number of amides is 2. The predicted octanol–water partition coefficient (Wildman–Crippen LogP) is 5.40. The summed E-state index contributed by atoms with van der Waals surface area (Å²) in [6.07, 6.45) is 11.9. The fraction of sp³-hybridized carbons (Fsp3) is 0.567. The number of nitrogens with one attached hydrogen (secondary N) is 1. The molecule has 1 fully saturated rings. The minimum absolute atomic E-state index is 0.148. The topological polar surface area (TPSA) is 84.9 Å². The highest BCUT2D eigenvalue weighted by atomic mass is 16.5. The Bertz CT molecular complexity index is 1010. The minimum Gasteiger partial charge on any atom is -0.484 e. The quantitative estimate of drug-likeness (QED) is 0.241. The Morgan fingerprint density at radius 1 is 0.919 bits per heavy atom. The molecule has 1 heterocycles. The summed E-state index contributed by atoms with van der Waals surface area (Å²) in [5.41, 5.74) is 0. The number of benzene rings is 2. The second kappa shape index (κ2) is 15.9. The van der Waals surface area contributed by atoms with Gasteiger partial charge in [-0.05, 0) is 29.3 Å². The second-order valence-electron chi connectivity index (χ2n) is 9.80. The van der Waals surface area contributed by atoms with E-state index in [0.717, 1.165) is 30.0 Å². The summed E-state index contributed by atoms with van der Waals surface area (Å²) in [5, 5.41) is 4.86. The maximum atomic E-state index is 12.9. The molecule has 2 aromatic rings. The van der Waals surface area contributed by atoms with E-state index in [4.69, 9.17) is 9.47 Å². The first-order chi connectivity index (χ1) is 18.1. The molecule has 37 heavy (non-hydrogen) atoms. The smallest absolute Gasteiger partial charge is 0.308 e. The molecule has 7 heteroatoms. The zero-order valence-electron chi connectivity index (χ0n) is 22.2. The summed E-state index contributed by atoms with van der Waals surface area (Å²) in [7, 11) is 0. The van der Waals surface area contributed by atoms with Gasteiger partial charge in [0, 0.05) is 13.1 Å². The molecular formula is C30H42N2O5. The van der Waals surface area contributed by atoms with Crippen LogP contribution in [0.5, 0.6) is 5.75 Å². The van der Waals surface area contributed by atoms with Gasteiger partial charge in [-0.1, -0.05) is 95.0 Å². The molecule has 1 atom stereocenters. The molecule has 0 spiro atoms. The van der Waals surface area contributed by atoms with Gasteiger partial charge in [-0.3, -0.25) is 14.4 Å². The molecule has 2 aromatic carbocycles. The number of fused-ring (bicyclic) bond motifs is 1. The van der Waals surface area contributed by atoms with E-state index in [1.165, 1.54) is 49.8 Å². The number of carbonyl (C=O) groups excluding carboxylic acids is 3. The summed E-state index contributed by atoms with van der Waals surface area (Å²) < 4.78 is 11.1. The molecule has 1 N–H and O–H groups in total. The third-order valence-corrected chi connectivity index (χ3v) is 6.86. The van der Waals surface area contributed by atoms with Crippen molar-refractivity contribution in [3.63, 3.8) is 0 Å². The first kappa shape index (κ1) is 28.5. The standard InChI is InChI=1S/C30H42N2O5/c1-2-3-4-5-6-7-8-9-10-13-20-36-29(34)22-27-30(35)31-18-19-32(27)28(33)23-37-26-17-16-24-14-11-12-15-25(24)21-26/h11-12,14-17,21,27H,2-10,13,18-20,22-23H2,1H3,(H,31,35). The van der Waals surface area contributed by atoms with Crippen LogP contribution in [0.2, 0.25) is 0 Å². The normalized spacial score (nSPS) is 15.4. The largest absolute Gasteiger partial charge is 0.484 e. The van der Waals surface area contributed by atoms with Gasteiger partial charge in [0.2, 0.25) is 5.91 Å². The first-order valence-electron chi connectivity index (χ1n) is 13.9. The molecule has 3 rings (SSSR count). The van der Waals surface area contributed by atoms with Crippen molar-refractivity contribution in [3.8, 4) is 5.75 Å². The molecule has 1 unspecified atom stereocenters. The number of unbranched alkanes of at least 4 members (excludes halogenated alkanes) is 9. The molecule has 1 aliphatic rings. The van der Waals surface area contributed by atoms with Crippen molar-refractivity contribution in [2.75, 3.05) is 26.3 Å². The number of carbonyl (C=O) groups is 3. The summed E-state index contributed by atoms with van der Waals surface area (Å²) in [5.74, 6) is -0.524. The van der Waals surface area contributed by atoms with Gasteiger partial charge in [-0.2, -0.15) is 0 Å². The highest BCUT2D eigenvalue weighted by Crippen LogP contribution is 2.21. The van der Waals surface area contributed by atoms with Crippen molar-refractivity contribution in [2.45, 2.75) is 83.6 Å². The van der Waals surface area contributed by atoms with Crippen LogP contribution in [0.3, 0.4) is 0 Å². The number of hydrogen-bond acceptors (Lipinski definition) is 5. The van der Waals surface area contributed by atoms with Crippen LogP contribution in [0.1, 0.15) is 77.6 Å². The van der Waals surface area contributed by atoms with Crippen LogP contribution in [-0.4, -0.2) is 55.0 Å². The fourth-order valence-electron chi connectivity index (χ4n) is 4.69. The van der Waals surface area contributed by atoms with Crippen LogP contribution in [-0.2, 0) is 19.1 Å². The molecule has 7 nitrogen and oxygen atoms in total. The Kier molecular flexibility index (Phi) is 12.2. The van der Waals surface area contributed by atoms with Crippen LogP contribution in [0.25, 0.3) is 10.8 Å². The van der Waals surface area contributed by atoms with E-state index in [2.05, 4.69) is 12.2 Å². The van der Waals surface area contributed by atoms with Gasteiger partial charge in [0.1, 0.15) is 11.8 Å². The van der Waals surface area contributed by atoms with E-state index in [0.29, 0.717) is 25.4 Å². The number of hydrogen-bond donors (Lipinski definition) is 1. The van der Waals surface area contributed by atoms with E-state index in [1.807, 2.05) is 42.5 Å². The lowest BCUT2D eigenvalue weighted by Gasteiger charge is -2.34. The Hall–Kier alpha value is -3.09. The Labute approximate surface area is 220 Å². The van der Waals surface area contributed by atoms with E-state index < -0.39 is 12.0 Å². The lowest BCUT2D eigenvalue weighted by molar-refractivity contribution is -0.152. The molecule has 0 bridgehead atoms. The van der Waals surface area contributed by atoms with Gasteiger partial charge in [0.15, 0.2) is 6.61 Å². The van der Waals surface area contributed by atoms with Crippen LogP contribution >= 0.6 is 0 Å². The van der Waals surface area contributed by atoms with Crippen LogP contribution in [0.15, 0.2) is 42.5 Å². The Morgan fingerprint density at radius 3 is 2.32 bits per heavy atom. The predicted molar refractivity (Wildman–Crippen MR) is 145 cm³/mol. The van der Waals surface area contributed by atoms with Crippen molar-refractivity contribution >= 4 is 28.6 Å². The fourth-order valence-corrected chi connectivity index (χ4v) is 4.69. The van der Waals surface area contributed by atoms with Crippen LogP contribution in [0.4, 0.5) is 0 Å². The average molecular weight is 511 g/mol. The number of rotatable bonds is 16. The van der Waals surface area contributed by atoms with Gasteiger partial charge in [0.25, 0.3) is 5.91 Å². The molecule has 0 saturated carbocycles. The third-order valence-electron chi connectivity index (χ3n) is 6.86. The molecular weight excluding hydrogens is 468 g/mol. The number of nitrogens with zero attached hydrogens (tertiary/aromatic N) is 1. The monoisotopic (exact) mass is 510 g/mol. The highest BCUT2D eigenvalue weighted by Gasteiger charge is 2.35. The van der Waals surface area contributed by atoms with Gasteiger partial charge in [-0.25, -0.2) is 0 Å². The van der Waals surface area contributed by atoms with Crippen LogP contribution in [0, 0.1) is 0 Å². The molecule has 0 aromatic heterocycles. The second-order valence-corrected chi connectivity index (χ2v) is 9.80. The average Bonchev–Trinajstić information content (AvgIpc) is 2.91. The molecule has 202 valence electrons. The number of piperazine rings is 1. The minimum atomic E-state index is -0.873. The zero-order chi connectivity index (χ0) is 26.3. The lowest BCUT2D eigenvalue weighted by Crippen LogP contribution is -2.58. The lowest BCUT2D eigenvalue weighted by atomic mass is 10.1. The summed E-state index contributed by atoms with van der Waals surface area (Å²) in [4.78, 5) is 39.2. The van der Waals surface area contributed by atoms with Crippen molar-refractivity contribution in [2.24, 2.45) is 0 Å². The maximum Gasteiger partial charge on any atom is 0.308 e. The van der Waals surface area contributed by atoms with Gasteiger partial charge < -0.3 is 19.7 Å².